The molecule has 0 radical (unpaired) electrons. The fourth-order valence-corrected chi connectivity index (χ4v) is 2.83. The number of anilines is 1. The van der Waals surface area contributed by atoms with Crippen molar-refractivity contribution in [1.82, 2.24) is 0 Å². The van der Waals surface area contributed by atoms with E-state index in [1.54, 1.807) is 0 Å². The first-order valence-electron chi connectivity index (χ1n) is 5.82. The highest BCUT2D eigenvalue weighted by molar-refractivity contribution is 9.10. The van der Waals surface area contributed by atoms with Gasteiger partial charge in [0.2, 0.25) is 0 Å². The maximum absolute atomic E-state index is 9.16. The van der Waals surface area contributed by atoms with Gasteiger partial charge in [-0.15, -0.1) is 0 Å². The molecule has 90 valence electrons. The van der Waals surface area contributed by atoms with Gasteiger partial charge in [0.15, 0.2) is 0 Å². The van der Waals surface area contributed by atoms with Crippen LogP contribution in [0.3, 0.4) is 0 Å². The topological polar surface area (TPSA) is 53.0 Å². The fraction of sp³-hybridized carbons (Fsp3) is 0.462. The van der Waals surface area contributed by atoms with Crippen molar-refractivity contribution in [1.29, 1.82) is 5.26 Å². The quantitative estimate of drug-likeness (QED) is 0.911. The van der Waals surface area contributed by atoms with E-state index in [1.807, 2.05) is 18.2 Å². The van der Waals surface area contributed by atoms with E-state index in [0.717, 1.165) is 35.2 Å². The van der Waals surface area contributed by atoms with Crippen LogP contribution in [0.15, 0.2) is 22.7 Å². The van der Waals surface area contributed by atoms with Crippen molar-refractivity contribution in [3.05, 3.63) is 28.2 Å². The second kappa shape index (κ2) is 5.07. The minimum atomic E-state index is 0.449. The van der Waals surface area contributed by atoms with Gasteiger partial charge < -0.3 is 10.6 Å². The van der Waals surface area contributed by atoms with E-state index < -0.39 is 0 Å². The average molecular weight is 294 g/mol. The Morgan fingerprint density at radius 3 is 2.94 bits per heavy atom. The third-order valence-corrected chi connectivity index (χ3v) is 3.88. The van der Waals surface area contributed by atoms with Crippen molar-refractivity contribution in [2.45, 2.75) is 19.4 Å². The zero-order chi connectivity index (χ0) is 12.4. The largest absolute Gasteiger partial charge is 0.367 e. The summed E-state index contributed by atoms with van der Waals surface area (Å²) < 4.78 is 1.01. The van der Waals surface area contributed by atoms with Crippen LogP contribution in [0.4, 0.5) is 5.69 Å². The molecular formula is C13H16BrN3. The summed E-state index contributed by atoms with van der Waals surface area (Å²) in [6, 6.07) is 8.50. The summed E-state index contributed by atoms with van der Waals surface area (Å²) in [7, 11) is 0. The molecule has 4 heteroatoms. The van der Waals surface area contributed by atoms with E-state index >= 15 is 0 Å². The van der Waals surface area contributed by atoms with Crippen molar-refractivity contribution < 1.29 is 0 Å². The Labute approximate surface area is 110 Å². The molecule has 0 spiro atoms. The fourth-order valence-electron chi connectivity index (χ4n) is 2.49. The number of hydrogen-bond donors (Lipinski definition) is 1. The molecule has 0 aliphatic carbocycles. The van der Waals surface area contributed by atoms with Crippen LogP contribution in [-0.2, 0) is 0 Å². The van der Waals surface area contributed by atoms with E-state index in [9.17, 15) is 0 Å². The highest BCUT2D eigenvalue weighted by Gasteiger charge is 2.29. The van der Waals surface area contributed by atoms with Gasteiger partial charge in [0.25, 0.3) is 0 Å². The maximum Gasteiger partial charge on any atom is 0.101 e. The van der Waals surface area contributed by atoms with Gasteiger partial charge >= 0.3 is 0 Å². The van der Waals surface area contributed by atoms with Crippen LogP contribution in [0.1, 0.15) is 18.9 Å². The lowest BCUT2D eigenvalue weighted by Crippen LogP contribution is -2.28. The smallest absolute Gasteiger partial charge is 0.101 e. The van der Waals surface area contributed by atoms with Crippen LogP contribution in [0.25, 0.3) is 0 Å². The van der Waals surface area contributed by atoms with E-state index in [2.05, 4.69) is 33.8 Å². The minimum absolute atomic E-state index is 0.449. The Morgan fingerprint density at radius 1 is 1.59 bits per heavy atom. The number of nitrogens with two attached hydrogens (primary N) is 1. The lowest BCUT2D eigenvalue weighted by atomic mass is 10.1. The molecule has 2 N–H and O–H groups in total. The predicted molar refractivity (Wildman–Crippen MR) is 72.8 cm³/mol. The van der Waals surface area contributed by atoms with Gasteiger partial charge in [0, 0.05) is 17.1 Å². The number of rotatable bonds is 2. The molecule has 0 aromatic heterocycles. The zero-order valence-corrected chi connectivity index (χ0v) is 11.4. The molecular weight excluding hydrogens is 278 g/mol. The summed E-state index contributed by atoms with van der Waals surface area (Å²) in [5.74, 6) is 0.538. The Morgan fingerprint density at radius 2 is 2.35 bits per heavy atom. The molecule has 1 fully saturated rings. The molecule has 1 aliphatic heterocycles. The first-order valence-corrected chi connectivity index (χ1v) is 6.61. The molecule has 0 saturated carbocycles. The number of halogens is 1. The SMILES string of the molecule is CC1CC(CN)CN1c1cc(Br)ccc1C#N. The van der Waals surface area contributed by atoms with Crippen LogP contribution in [0.2, 0.25) is 0 Å². The predicted octanol–water partition coefficient (Wildman–Crippen LogP) is 2.49. The van der Waals surface area contributed by atoms with Crippen molar-refractivity contribution in [3.63, 3.8) is 0 Å². The molecule has 2 rings (SSSR count). The third kappa shape index (κ3) is 2.46. The molecule has 2 atom stereocenters. The number of nitrogens with zero attached hydrogens (tertiary/aromatic N) is 2. The lowest BCUT2D eigenvalue weighted by Gasteiger charge is -2.25. The summed E-state index contributed by atoms with van der Waals surface area (Å²) in [4.78, 5) is 2.29. The minimum Gasteiger partial charge on any atom is -0.367 e. The number of nitriles is 1. The molecule has 1 saturated heterocycles. The van der Waals surface area contributed by atoms with Crippen molar-refractivity contribution in [2.75, 3.05) is 18.0 Å². The van der Waals surface area contributed by atoms with Gasteiger partial charge in [0.1, 0.15) is 6.07 Å². The molecule has 0 bridgehead atoms. The average Bonchev–Trinajstić information content (AvgIpc) is 2.70. The normalized spacial score (nSPS) is 23.8. The van der Waals surface area contributed by atoms with E-state index in [4.69, 9.17) is 11.0 Å². The van der Waals surface area contributed by atoms with Crippen molar-refractivity contribution in [2.24, 2.45) is 11.7 Å². The summed E-state index contributed by atoms with van der Waals surface area (Å²) in [6.45, 7) is 3.86. The standard InChI is InChI=1S/C13H16BrN3/c1-9-4-10(6-15)8-17(9)13-5-12(14)3-2-11(13)7-16/h2-3,5,9-10H,4,6,8,15H2,1H3. The van der Waals surface area contributed by atoms with Gasteiger partial charge in [-0.1, -0.05) is 15.9 Å². The van der Waals surface area contributed by atoms with Gasteiger partial charge in [0.05, 0.1) is 11.3 Å². The second-order valence-corrected chi connectivity index (χ2v) is 5.53. The summed E-state index contributed by atoms with van der Waals surface area (Å²) in [5, 5.41) is 9.16. The maximum atomic E-state index is 9.16. The summed E-state index contributed by atoms with van der Waals surface area (Å²) in [6.07, 6.45) is 1.11. The lowest BCUT2D eigenvalue weighted by molar-refractivity contribution is 0.579. The highest BCUT2D eigenvalue weighted by Crippen LogP contribution is 2.32. The van der Waals surface area contributed by atoms with Crippen LogP contribution in [-0.4, -0.2) is 19.1 Å². The van der Waals surface area contributed by atoms with Crippen molar-refractivity contribution >= 4 is 21.6 Å². The Kier molecular flexibility index (Phi) is 3.70. The second-order valence-electron chi connectivity index (χ2n) is 4.61. The number of hydrogen-bond acceptors (Lipinski definition) is 3. The molecule has 3 nitrogen and oxygen atoms in total. The van der Waals surface area contributed by atoms with E-state index in [1.165, 1.54) is 0 Å². The van der Waals surface area contributed by atoms with E-state index in [0.29, 0.717) is 12.0 Å². The van der Waals surface area contributed by atoms with Crippen LogP contribution >= 0.6 is 15.9 Å². The molecule has 2 unspecified atom stereocenters. The first-order chi connectivity index (χ1) is 8.15. The molecule has 17 heavy (non-hydrogen) atoms. The summed E-state index contributed by atoms with van der Waals surface area (Å²) >= 11 is 3.46. The molecule has 1 aromatic rings. The zero-order valence-electron chi connectivity index (χ0n) is 9.86. The highest BCUT2D eigenvalue weighted by atomic mass is 79.9. The Hall–Kier alpha value is -1.05. The molecule has 1 heterocycles. The van der Waals surface area contributed by atoms with Gasteiger partial charge in [-0.05, 0) is 44.0 Å². The van der Waals surface area contributed by atoms with Crippen LogP contribution in [0, 0.1) is 17.2 Å². The number of benzene rings is 1. The summed E-state index contributed by atoms with van der Waals surface area (Å²) in [5.41, 5.74) is 7.49. The van der Waals surface area contributed by atoms with Gasteiger partial charge in [-0.2, -0.15) is 5.26 Å². The van der Waals surface area contributed by atoms with Crippen LogP contribution < -0.4 is 10.6 Å². The first kappa shape index (κ1) is 12.4. The third-order valence-electron chi connectivity index (χ3n) is 3.38. The van der Waals surface area contributed by atoms with Crippen molar-refractivity contribution in [3.8, 4) is 6.07 Å². The molecule has 1 aliphatic rings. The Balaban J connectivity index is 2.34. The monoisotopic (exact) mass is 293 g/mol. The van der Waals surface area contributed by atoms with Gasteiger partial charge in [-0.25, -0.2) is 0 Å². The molecule has 0 amide bonds. The molecule has 1 aromatic carbocycles. The Bertz CT molecular complexity index is 452. The van der Waals surface area contributed by atoms with Crippen LogP contribution in [0.5, 0.6) is 0 Å². The van der Waals surface area contributed by atoms with Gasteiger partial charge in [-0.3, -0.25) is 0 Å². The van der Waals surface area contributed by atoms with E-state index in [-0.39, 0.29) is 0 Å².